The predicted octanol–water partition coefficient (Wildman–Crippen LogP) is 7.00. The molecule has 2 aliphatic carbocycles. The van der Waals surface area contributed by atoms with Gasteiger partial charge in [0, 0.05) is 0 Å². The van der Waals surface area contributed by atoms with Gasteiger partial charge in [-0.25, -0.2) is 0 Å². The third kappa shape index (κ3) is 5.15. The Hall–Kier alpha value is -0.260. The van der Waals surface area contributed by atoms with Crippen LogP contribution in [0.4, 0.5) is 0 Å². The molecule has 0 heterocycles. The first kappa shape index (κ1) is 17.1. The molecule has 2 rings (SSSR count). The van der Waals surface area contributed by atoms with Gasteiger partial charge in [-0.15, -0.1) is 0 Å². The van der Waals surface area contributed by atoms with E-state index in [-0.39, 0.29) is 0 Å². The molecular formula is C21H38. The van der Waals surface area contributed by atoms with Crippen LogP contribution in [-0.4, -0.2) is 0 Å². The number of rotatable bonds is 6. The molecule has 0 aromatic heterocycles. The van der Waals surface area contributed by atoms with Gasteiger partial charge >= 0.3 is 0 Å². The first-order valence-corrected chi connectivity index (χ1v) is 9.79. The van der Waals surface area contributed by atoms with Gasteiger partial charge in [0.2, 0.25) is 0 Å². The van der Waals surface area contributed by atoms with E-state index in [2.05, 4.69) is 33.8 Å². The summed E-state index contributed by atoms with van der Waals surface area (Å²) in [7, 11) is 0. The Balaban J connectivity index is 1.82. The first-order valence-electron chi connectivity index (χ1n) is 9.79. The topological polar surface area (TPSA) is 0 Å². The summed E-state index contributed by atoms with van der Waals surface area (Å²) in [5.74, 6) is 4.81. The van der Waals surface area contributed by atoms with E-state index in [4.69, 9.17) is 0 Å². The molecule has 0 spiro atoms. The van der Waals surface area contributed by atoms with Crippen LogP contribution in [-0.2, 0) is 0 Å². The molecule has 21 heavy (non-hydrogen) atoms. The van der Waals surface area contributed by atoms with Crippen molar-refractivity contribution >= 4 is 0 Å². The lowest BCUT2D eigenvalue weighted by Gasteiger charge is -2.35. The Morgan fingerprint density at radius 3 is 2.24 bits per heavy atom. The Morgan fingerprint density at radius 1 is 1.00 bits per heavy atom. The van der Waals surface area contributed by atoms with Crippen molar-refractivity contribution in [2.45, 2.75) is 91.9 Å². The van der Waals surface area contributed by atoms with E-state index in [1.54, 1.807) is 0 Å². The van der Waals surface area contributed by atoms with Gasteiger partial charge in [-0.3, -0.25) is 0 Å². The molecule has 0 bridgehead atoms. The minimum Gasteiger partial charge on any atom is -0.0848 e. The summed E-state index contributed by atoms with van der Waals surface area (Å²) in [6, 6.07) is 0. The van der Waals surface area contributed by atoms with Crippen molar-refractivity contribution in [1.29, 1.82) is 0 Å². The monoisotopic (exact) mass is 290 g/mol. The van der Waals surface area contributed by atoms with E-state index in [1.165, 1.54) is 64.2 Å². The summed E-state index contributed by atoms with van der Waals surface area (Å²) in [4.78, 5) is 0. The highest BCUT2D eigenvalue weighted by atomic mass is 14.3. The van der Waals surface area contributed by atoms with Gasteiger partial charge in [0.1, 0.15) is 0 Å². The normalized spacial score (nSPS) is 32.0. The summed E-state index contributed by atoms with van der Waals surface area (Å²) in [6.45, 7) is 9.56. The lowest BCUT2D eigenvalue weighted by Crippen LogP contribution is -2.23. The summed E-state index contributed by atoms with van der Waals surface area (Å²) in [6.07, 6.45) is 17.1. The predicted molar refractivity (Wildman–Crippen MR) is 94.4 cm³/mol. The average molecular weight is 291 g/mol. The van der Waals surface area contributed by atoms with Gasteiger partial charge in [-0.2, -0.15) is 0 Å². The highest BCUT2D eigenvalue weighted by Gasteiger charge is 2.28. The molecule has 2 aliphatic rings. The van der Waals surface area contributed by atoms with Gasteiger partial charge in [0.25, 0.3) is 0 Å². The lowest BCUT2D eigenvalue weighted by molar-refractivity contribution is 0.197. The third-order valence-electron chi connectivity index (χ3n) is 6.32. The Kier molecular flexibility index (Phi) is 6.83. The van der Waals surface area contributed by atoms with Crippen LogP contribution in [0, 0.1) is 29.6 Å². The Bertz CT molecular complexity index is 317. The number of hydrogen-bond acceptors (Lipinski definition) is 0. The molecule has 0 aromatic rings. The highest BCUT2D eigenvalue weighted by Crippen LogP contribution is 2.41. The van der Waals surface area contributed by atoms with Crippen LogP contribution in [0.15, 0.2) is 11.6 Å². The fraction of sp³-hybridized carbons (Fsp3) is 0.905. The van der Waals surface area contributed by atoms with E-state index in [0.29, 0.717) is 0 Å². The quantitative estimate of drug-likeness (QED) is 0.462. The Labute approximate surface area is 133 Å². The van der Waals surface area contributed by atoms with Crippen LogP contribution in [0.3, 0.4) is 0 Å². The molecule has 0 N–H and O–H groups in total. The van der Waals surface area contributed by atoms with Gasteiger partial charge in [-0.1, -0.05) is 58.6 Å². The summed E-state index contributed by atoms with van der Waals surface area (Å²) < 4.78 is 0. The van der Waals surface area contributed by atoms with E-state index in [1.807, 2.05) is 5.57 Å². The molecule has 2 unspecified atom stereocenters. The van der Waals surface area contributed by atoms with Crippen LogP contribution in [0.25, 0.3) is 0 Å². The second-order valence-electron chi connectivity index (χ2n) is 8.41. The largest absolute Gasteiger partial charge is 0.0848 e. The fourth-order valence-electron chi connectivity index (χ4n) is 4.62. The average Bonchev–Trinajstić information content (AvgIpc) is 2.49. The minimum absolute atomic E-state index is 0.861. The molecule has 0 saturated heterocycles. The van der Waals surface area contributed by atoms with Gasteiger partial charge in [-0.05, 0) is 74.5 Å². The van der Waals surface area contributed by atoms with Crippen LogP contribution in [0.2, 0.25) is 0 Å². The van der Waals surface area contributed by atoms with Crippen molar-refractivity contribution in [1.82, 2.24) is 0 Å². The summed E-state index contributed by atoms with van der Waals surface area (Å²) in [5.41, 5.74) is 1.82. The smallest absolute Gasteiger partial charge is 0.0206 e. The standard InChI is InChI=1S/C21H38/c1-5-18(9-6-16(2)3)19-12-14-21(15-13-19)20-10-7-17(4)8-11-20/h12,16-18,20-21H,5-11,13-15H2,1-4H3. The summed E-state index contributed by atoms with van der Waals surface area (Å²) >= 11 is 0. The molecule has 0 aromatic carbocycles. The molecule has 1 fully saturated rings. The van der Waals surface area contributed by atoms with Crippen LogP contribution in [0.5, 0.6) is 0 Å². The molecule has 0 nitrogen and oxygen atoms in total. The molecule has 0 radical (unpaired) electrons. The first-order chi connectivity index (χ1) is 10.1. The van der Waals surface area contributed by atoms with Crippen molar-refractivity contribution in [3.8, 4) is 0 Å². The van der Waals surface area contributed by atoms with Crippen molar-refractivity contribution in [3.63, 3.8) is 0 Å². The van der Waals surface area contributed by atoms with Gasteiger partial charge in [0.05, 0.1) is 0 Å². The zero-order chi connectivity index (χ0) is 15.2. The van der Waals surface area contributed by atoms with Crippen LogP contribution >= 0.6 is 0 Å². The zero-order valence-electron chi connectivity index (χ0n) is 15.0. The highest BCUT2D eigenvalue weighted by molar-refractivity contribution is 5.11. The molecule has 0 amide bonds. The SMILES string of the molecule is CCC(CCC(C)C)C1=CCC(C2CCC(C)CC2)CC1. The van der Waals surface area contributed by atoms with E-state index < -0.39 is 0 Å². The van der Waals surface area contributed by atoms with Crippen LogP contribution < -0.4 is 0 Å². The van der Waals surface area contributed by atoms with Crippen LogP contribution in [0.1, 0.15) is 91.9 Å². The second kappa shape index (κ2) is 8.39. The second-order valence-corrected chi connectivity index (χ2v) is 8.41. The Morgan fingerprint density at radius 2 is 1.71 bits per heavy atom. The number of allylic oxidation sites excluding steroid dienone is 2. The number of hydrogen-bond donors (Lipinski definition) is 0. The maximum absolute atomic E-state index is 2.67. The van der Waals surface area contributed by atoms with E-state index in [9.17, 15) is 0 Å². The molecule has 2 atom stereocenters. The van der Waals surface area contributed by atoms with E-state index >= 15 is 0 Å². The summed E-state index contributed by atoms with van der Waals surface area (Å²) in [5, 5.41) is 0. The lowest BCUT2D eigenvalue weighted by atomic mass is 9.70. The molecule has 122 valence electrons. The molecular weight excluding hydrogens is 252 g/mol. The molecule has 0 aliphatic heterocycles. The zero-order valence-corrected chi connectivity index (χ0v) is 15.0. The van der Waals surface area contributed by atoms with Crippen molar-refractivity contribution in [2.24, 2.45) is 29.6 Å². The maximum Gasteiger partial charge on any atom is -0.0206 e. The maximum atomic E-state index is 2.67. The fourth-order valence-corrected chi connectivity index (χ4v) is 4.62. The van der Waals surface area contributed by atoms with Gasteiger partial charge in [0.15, 0.2) is 0 Å². The molecule has 1 saturated carbocycles. The van der Waals surface area contributed by atoms with Crippen molar-refractivity contribution < 1.29 is 0 Å². The minimum atomic E-state index is 0.861. The van der Waals surface area contributed by atoms with Crippen molar-refractivity contribution in [3.05, 3.63) is 11.6 Å². The van der Waals surface area contributed by atoms with Crippen molar-refractivity contribution in [2.75, 3.05) is 0 Å². The molecule has 0 heteroatoms. The van der Waals surface area contributed by atoms with E-state index in [0.717, 1.165) is 29.6 Å². The third-order valence-corrected chi connectivity index (χ3v) is 6.32. The van der Waals surface area contributed by atoms with Gasteiger partial charge < -0.3 is 0 Å².